The molecule has 2 aromatic carbocycles. The van der Waals surface area contributed by atoms with Gasteiger partial charge in [0.05, 0.1) is 0 Å². The van der Waals surface area contributed by atoms with Gasteiger partial charge in [-0.15, -0.1) is 0 Å². The topological polar surface area (TPSA) is 76.7 Å². The molecule has 0 radical (unpaired) electrons. The predicted octanol–water partition coefficient (Wildman–Crippen LogP) is 3.18. The molecule has 0 saturated heterocycles. The summed E-state index contributed by atoms with van der Waals surface area (Å²) in [5.41, 5.74) is 1.35. The molecular weight excluding hydrogens is 380 g/mol. The van der Waals surface area contributed by atoms with E-state index in [-0.39, 0.29) is 17.7 Å². The van der Waals surface area contributed by atoms with Crippen molar-refractivity contribution >= 4 is 23.4 Å². The normalized spacial score (nSPS) is 13.7. The van der Waals surface area contributed by atoms with Crippen molar-refractivity contribution in [1.29, 1.82) is 0 Å². The van der Waals surface area contributed by atoms with Crippen molar-refractivity contribution in [2.24, 2.45) is 5.92 Å². The number of amides is 2. The van der Waals surface area contributed by atoms with Gasteiger partial charge in [-0.1, -0.05) is 31.5 Å². The summed E-state index contributed by atoms with van der Waals surface area (Å²) in [6.45, 7) is 5.14. The Labute approximate surface area is 169 Å². The Morgan fingerprint density at radius 2 is 1.71 bits per heavy atom. The largest absolute Gasteiger partial charge is 0.486 e. The molecule has 1 aliphatic rings. The molecule has 0 aromatic heterocycles. The van der Waals surface area contributed by atoms with Gasteiger partial charge in [-0.3, -0.25) is 9.59 Å². The molecule has 3 rings (SSSR count). The number of halogens is 1. The lowest BCUT2D eigenvalue weighted by molar-refractivity contribution is -0.124. The summed E-state index contributed by atoms with van der Waals surface area (Å²) in [4.78, 5) is 25.1. The quantitative estimate of drug-likeness (QED) is 0.778. The van der Waals surface area contributed by atoms with E-state index in [1.165, 1.54) is 0 Å². The molecule has 0 spiro atoms. The van der Waals surface area contributed by atoms with E-state index < -0.39 is 6.04 Å². The Morgan fingerprint density at radius 1 is 1.04 bits per heavy atom. The van der Waals surface area contributed by atoms with Gasteiger partial charge in [0, 0.05) is 17.1 Å². The summed E-state index contributed by atoms with van der Waals surface area (Å²) >= 11 is 5.85. The van der Waals surface area contributed by atoms with E-state index in [4.69, 9.17) is 21.1 Å². The molecule has 7 heteroatoms. The predicted molar refractivity (Wildman–Crippen MR) is 107 cm³/mol. The highest BCUT2D eigenvalue weighted by Gasteiger charge is 2.24. The summed E-state index contributed by atoms with van der Waals surface area (Å²) in [5, 5.41) is 6.23. The highest BCUT2D eigenvalue weighted by atomic mass is 35.5. The maximum absolute atomic E-state index is 12.7. The molecular formula is C21H23ClN2O4. The molecule has 148 valence electrons. The minimum Gasteiger partial charge on any atom is -0.486 e. The standard InChI is InChI=1S/C21H23ClN2O4/c1-13(2)19(24-20(25)15-4-6-16(22)7-5-15)21(26)23-12-14-3-8-17-18(11-14)28-10-9-27-17/h3-8,11,13,19H,9-10,12H2,1-2H3,(H,23,26)(H,24,25). The van der Waals surface area contributed by atoms with Crippen LogP contribution in [0.25, 0.3) is 0 Å². The molecule has 2 amide bonds. The molecule has 2 aromatic rings. The van der Waals surface area contributed by atoms with E-state index in [2.05, 4.69) is 10.6 Å². The molecule has 1 heterocycles. The number of hydrogen-bond acceptors (Lipinski definition) is 4. The number of ether oxygens (including phenoxy) is 2. The highest BCUT2D eigenvalue weighted by Crippen LogP contribution is 2.30. The van der Waals surface area contributed by atoms with Gasteiger partial charge in [-0.2, -0.15) is 0 Å². The van der Waals surface area contributed by atoms with Gasteiger partial charge in [-0.05, 0) is 47.9 Å². The maximum atomic E-state index is 12.7. The lowest BCUT2D eigenvalue weighted by Crippen LogP contribution is -2.49. The molecule has 0 saturated carbocycles. The van der Waals surface area contributed by atoms with Gasteiger partial charge in [0.25, 0.3) is 5.91 Å². The van der Waals surface area contributed by atoms with Gasteiger partial charge in [0.1, 0.15) is 19.3 Å². The first-order chi connectivity index (χ1) is 13.4. The molecule has 2 N–H and O–H groups in total. The number of nitrogens with one attached hydrogen (secondary N) is 2. The Balaban J connectivity index is 1.61. The van der Waals surface area contributed by atoms with Crippen LogP contribution in [0.4, 0.5) is 0 Å². The van der Waals surface area contributed by atoms with Gasteiger partial charge >= 0.3 is 0 Å². The molecule has 6 nitrogen and oxygen atoms in total. The molecule has 0 fully saturated rings. The smallest absolute Gasteiger partial charge is 0.251 e. The van der Waals surface area contributed by atoms with E-state index in [9.17, 15) is 9.59 Å². The second-order valence-electron chi connectivity index (χ2n) is 6.90. The number of carbonyl (C=O) groups excluding carboxylic acids is 2. The van der Waals surface area contributed by atoms with Crippen LogP contribution >= 0.6 is 11.6 Å². The van der Waals surface area contributed by atoms with Gasteiger partial charge in [0.2, 0.25) is 5.91 Å². The van der Waals surface area contributed by atoms with E-state index in [1.807, 2.05) is 32.0 Å². The van der Waals surface area contributed by atoms with Gasteiger partial charge in [0.15, 0.2) is 11.5 Å². The SMILES string of the molecule is CC(C)C(NC(=O)c1ccc(Cl)cc1)C(=O)NCc1ccc2c(c1)OCCO2. The summed E-state index contributed by atoms with van der Waals surface area (Å²) in [6.07, 6.45) is 0. The first-order valence-electron chi connectivity index (χ1n) is 9.16. The number of fused-ring (bicyclic) bond motifs is 1. The van der Waals surface area contributed by atoms with Crippen molar-refractivity contribution in [1.82, 2.24) is 10.6 Å². The minimum atomic E-state index is -0.652. The molecule has 1 atom stereocenters. The zero-order chi connectivity index (χ0) is 20.1. The van der Waals surface area contributed by atoms with E-state index in [1.54, 1.807) is 24.3 Å². The van der Waals surface area contributed by atoms with Crippen LogP contribution in [0.5, 0.6) is 11.5 Å². The lowest BCUT2D eigenvalue weighted by atomic mass is 10.0. The minimum absolute atomic E-state index is 0.0727. The lowest BCUT2D eigenvalue weighted by Gasteiger charge is -2.22. The van der Waals surface area contributed by atoms with E-state index in [0.29, 0.717) is 41.8 Å². The fourth-order valence-electron chi connectivity index (χ4n) is 2.86. The summed E-state index contributed by atoms with van der Waals surface area (Å²) in [6, 6.07) is 11.4. The highest BCUT2D eigenvalue weighted by molar-refractivity contribution is 6.30. The van der Waals surface area contributed by atoms with Crippen LogP contribution < -0.4 is 20.1 Å². The fourth-order valence-corrected chi connectivity index (χ4v) is 2.98. The number of carbonyl (C=O) groups is 2. The molecule has 0 aliphatic carbocycles. The zero-order valence-electron chi connectivity index (χ0n) is 15.8. The van der Waals surface area contributed by atoms with Crippen LogP contribution in [-0.2, 0) is 11.3 Å². The Bertz CT molecular complexity index is 852. The second-order valence-corrected chi connectivity index (χ2v) is 7.33. The maximum Gasteiger partial charge on any atom is 0.251 e. The number of hydrogen-bond donors (Lipinski definition) is 2. The van der Waals surface area contributed by atoms with Crippen LogP contribution in [0.2, 0.25) is 5.02 Å². The Hall–Kier alpha value is -2.73. The van der Waals surface area contributed by atoms with Crippen molar-refractivity contribution in [2.45, 2.75) is 26.4 Å². The first-order valence-corrected chi connectivity index (χ1v) is 9.54. The summed E-state index contributed by atoms with van der Waals surface area (Å²) < 4.78 is 11.1. The zero-order valence-corrected chi connectivity index (χ0v) is 16.6. The van der Waals surface area contributed by atoms with Crippen molar-refractivity contribution in [3.8, 4) is 11.5 Å². The fraction of sp³-hybridized carbons (Fsp3) is 0.333. The summed E-state index contributed by atoms with van der Waals surface area (Å²) in [7, 11) is 0. The summed E-state index contributed by atoms with van der Waals surface area (Å²) in [5.74, 6) is 0.750. The first kappa shape index (κ1) is 20.0. The van der Waals surface area contributed by atoms with E-state index >= 15 is 0 Å². The van der Waals surface area contributed by atoms with Crippen molar-refractivity contribution in [3.63, 3.8) is 0 Å². The van der Waals surface area contributed by atoms with E-state index in [0.717, 1.165) is 5.56 Å². The monoisotopic (exact) mass is 402 g/mol. The van der Waals surface area contributed by atoms with Crippen LogP contribution in [0.15, 0.2) is 42.5 Å². The third-order valence-electron chi connectivity index (χ3n) is 4.42. The average Bonchev–Trinajstić information content (AvgIpc) is 2.70. The molecule has 1 unspecified atom stereocenters. The van der Waals surface area contributed by atoms with Gasteiger partial charge < -0.3 is 20.1 Å². The average molecular weight is 403 g/mol. The molecule has 1 aliphatic heterocycles. The molecule has 0 bridgehead atoms. The van der Waals surface area contributed by atoms with Crippen molar-refractivity contribution < 1.29 is 19.1 Å². The number of benzene rings is 2. The van der Waals surface area contributed by atoms with Crippen LogP contribution in [0, 0.1) is 5.92 Å². The Morgan fingerprint density at radius 3 is 2.39 bits per heavy atom. The molecule has 28 heavy (non-hydrogen) atoms. The van der Waals surface area contributed by atoms with Crippen molar-refractivity contribution in [3.05, 3.63) is 58.6 Å². The van der Waals surface area contributed by atoms with Crippen LogP contribution in [0.3, 0.4) is 0 Å². The van der Waals surface area contributed by atoms with Crippen LogP contribution in [-0.4, -0.2) is 31.1 Å². The van der Waals surface area contributed by atoms with Crippen molar-refractivity contribution in [2.75, 3.05) is 13.2 Å². The number of rotatable bonds is 6. The van der Waals surface area contributed by atoms with Gasteiger partial charge in [-0.25, -0.2) is 0 Å². The van der Waals surface area contributed by atoms with Crippen LogP contribution in [0.1, 0.15) is 29.8 Å². The Kier molecular flexibility index (Phi) is 6.41. The third kappa shape index (κ3) is 4.95. The second kappa shape index (κ2) is 8.97. The third-order valence-corrected chi connectivity index (χ3v) is 4.67.